The van der Waals surface area contributed by atoms with E-state index < -0.39 is 35.7 Å². The van der Waals surface area contributed by atoms with E-state index in [1.165, 1.54) is 17.9 Å². The van der Waals surface area contributed by atoms with Crippen molar-refractivity contribution < 1.29 is 83.8 Å². The van der Waals surface area contributed by atoms with Crippen molar-refractivity contribution in [3.63, 3.8) is 0 Å². The fraction of sp³-hybridized carbons (Fsp3) is 0.529. The molecule has 1 saturated heterocycles. The molecule has 0 saturated carbocycles. The van der Waals surface area contributed by atoms with Crippen molar-refractivity contribution in [2.24, 2.45) is 0 Å². The zero-order valence-corrected chi connectivity index (χ0v) is 19.9. The second-order valence-electron chi connectivity index (χ2n) is 7.54. The van der Waals surface area contributed by atoms with Gasteiger partial charge in [-0.1, -0.05) is 11.6 Å². The van der Waals surface area contributed by atoms with Gasteiger partial charge in [0.25, 0.3) is 0 Å². The number of carboxylic acids is 1. The number of nitrogens with zero attached hydrogens (tertiary/aromatic N) is 2. The van der Waals surface area contributed by atoms with E-state index in [4.69, 9.17) is 9.84 Å². The van der Waals surface area contributed by atoms with Gasteiger partial charge in [-0.05, 0) is 33.8 Å². The Kier molecular flexibility index (Phi) is 8.47. The second-order valence-corrected chi connectivity index (χ2v) is 7.54. The number of ether oxygens (including phenoxy) is 1. The van der Waals surface area contributed by atoms with Crippen LogP contribution in [0.5, 0.6) is 0 Å². The summed E-state index contributed by atoms with van der Waals surface area (Å²) in [6, 6.07) is 1.93. The molecule has 0 bridgehead atoms. The molecule has 1 aromatic carbocycles. The molecule has 1 heterocycles. The van der Waals surface area contributed by atoms with Crippen LogP contribution in [-0.2, 0) is 4.74 Å². The molecule has 2 rings (SSSR count). The van der Waals surface area contributed by atoms with Gasteiger partial charge < -0.3 is 32.6 Å². The van der Waals surface area contributed by atoms with E-state index in [0.717, 1.165) is 0 Å². The maximum atomic E-state index is 13.3. The molecule has 28 heavy (non-hydrogen) atoms. The van der Waals surface area contributed by atoms with Gasteiger partial charge in [-0.15, -0.1) is 5.46 Å². The van der Waals surface area contributed by atoms with Crippen molar-refractivity contribution in [2.45, 2.75) is 33.3 Å². The molecule has 0 aromatic heterocycles. The van der Waals surface area contributed by atoms with Crippen LogP contribution in [0.25, 0.3) is 0 Å². The number of anilines is 1. The Balaban J connectivity index is 0.00000392. The number of halogens is 3. The minimum atomic E-state index is -5.34. The van der Waals surface area contributed by atoms with E-state index in [-0.39, 0.29) is 88.8 Å². The van der Waals surface area contributed by atoms with E-state index in [0.29, 0.717) is 6.07 Å². The minimum absolute atomic E-state index is 0. The number of rotatable bonds is 3. The largest absolute Gasteiger partial charge is 1.00 e. The van der Waals surface area contributed by atoms with Gasteiger partial charge in [-0.25, -0.2) is 9.59 Å². The second kappa shape index (κ2) is 9.38. The molecule has 1 aliphatic heterocycles. The summed E-state index contributed by atoms with van der Waals surface area (Å²) in [6.45, 7) is 2.38. The first-order valence-electron chi connectivity index (χ1n) is 8.60. The molecule has 0 radical (unpaired) electrons. The van der Waals surface area contributed by atoms with Gasteiger partial charge in [0.15, 0.2) is 0 Å². The van der Waals surface area contributed by atoms with Gasteiger partial charge in [0.1, 0.15) is 5.60 Å². The van der Waals surface area contributed by atoms with Crippen molar-refractivity contribution in [3.05, 3.63) is 23.3 Å². The van der Waals surface area contributed by atoms with Crippen LogP contribution in [0.15, 0.2) is 12.1 Å². The molecule has 0 spiro atoms. The van der Waals surface area contributed by atoms with Crippen LogP contribution in [-0.4, -0.2) is 60.8 Å². The molecule has 1 amide bonds. The van der Waals surface area contributed by atoms with Crippen molar-refractivity contribution in [2.75, 3.05) is 31.1 Å². The summed E-state index contributed by atoms with van der Waals surface area (Å²) < 4.78 is 45.3. The fourth-order valence-corrected chi connectivity index (χ4v) is 2.97. The van der Waals surface area contributed by atoms with E-state index in [1.807, 2.05) is 0 Å². The molecule has 1 aromatic rings. The SMILES string of the molecule is Cc1c(N2CCN(C(=O)OC(C)(C)C)CC2)cc(C(=O)O)cc1[B-](F)(F)F.[K+]. The third-order valence-electron chi connectivity index (χ3n) is 4.29. The van der Waals surface area contributed by atoms with Crippen molar-refractivity contribution in [1.82, 2.24) is 4.90 Å². The Hall–Kier alpha value is -0.749. The molecule has 1 N–H and O–H groups in total. The monoisotopic (exact) mass is 426 g/mol. The molecule has 6 nitrogen and oxygen atoms in total. The number of carbonyl (C=O) groups is 2. The molecule has 1 fully saturated rings. The Labute approximate surface area is 204 Å². The fourth-order valence-electron chi connectivity index (χ4n) is 2.97. The van der Waals surface area contributed by atoms with Crippen LogP contribution in [0.4, 0.5) is 23.4 Å². The molecule has 0 atom stereocenters. The maximum Gasteiger partial charge on any atom is 1.00 e. The van der Waals surface area contributed by atoms with Gasteiger partial charge in [0.05, 0.1) is 5.56 Å². The average Bonchev–Trinajstić information content (AvgIpc) is 2.52. The number of carboxylic acid groups (broad SMARTS) is 1. The van der Waals surface area contributed by atoms with Crippen LogP contribution < -0.4 is 61.7 Å². The first kappa shape index (κ1) is 25.3. The maximum absolute atomic E-state index is 13.3. The summed E-state index contributed by atoms with van der Waals surface area (Å²) >= 11 is 0. The Bertz CT molecular complexity index is 745. The number of aromatic carboxylic acids is 1. The zero-order chi connectivity index (χ0) is 20.6. The Morgan fingerprint density at radius 2 is 1.64 bits per heavy atom. The summed E-state index contributed by atoms with van der Waals surface area (Å²) in [4.78, 5) is 26.5. The summed E-state index contributed by atoms with van der Waals surface area (Å²) in [7, 11) is 0. The van der Waals surface area contributed by atoms with Crippen molar-refractivity contribution >= 4 is 30.2 Å². The average molecular weight is 426 g/mol. The molecule has 150 valence electrons. The van der Waals surface area contributed by atoms with E-state index in [2.05, 4.69) is 0 Å². The van der Waals surface area contributed by atoms with Crippen LogP contribution in [0, 0.1) is 6.92 Å². The van der Waals surface area contributed by atoms with Gasteiger partial charge >= 0.3 is 70.4 Å². The van der Waals surface area contributed by atoms with Crippen LogP contribution in [0.1, 0.15) is 36.7 Å². The molecule has 11 heteroatoms. The summed E-state index contributed by atoms with van der Waals surface area (Å²) in [5, 5.41) is 9.16. The third-order valence-corrected chi connectivity index (χ3v) is 4.29. The minimum Gasteiger partial charge on any atom is -0.478 e. The summed E-state index contributed by atoms with van der Waals surface area (Å²) in [6.07, 6.45) is -0.475. The van der Waals surface area contributed by atoms with Crippen molar-refractivity contribution in [1.29, 1.82) is 0 Å². The molecule has 0 aliphatic carbocycles. The smallest absolute Gasteiger partial charge is 0.478 e. The van der Waals surface area contributed by atoms with Gasteiger partial charge in [-0.2, -0.15) is 0 Å². The third kappa shape index (κ3) is 6.38. The predicted molar refractivity (Wildman–Crippen MR) is 96.9 cm³/mol. The Morgan fingerprint density at radius 1 is 1.11 bits per heavy atom. The number of carbonyl (C=O) groups excluding carboxylic acids is 1. The van der Waals surface area contributed by atoms with Crippen LogP contribution in [0.2, 0.25) is 0 Å². The summed E-state index contributed by atoms with van der Waals surface area (Å²) in [5.74, 6) is -1.41. The Morgan fingerprint density at radius 3 is 2.07 bits per heavy atom. The molecular formula is C17H23BF3KN2O4. The normalized spacial score (nSPS) is 15.1. The van der Waals surface area contributed by atoms with E-state index in [1.54, 1.807) is 25.7 Å². The quantitative estimate of drug-likeness (QED) is 0.679. The van der Waals surface area contributed by atoms with Crippen molar-refractivity contribution in [3.8, 4) is 0 Å². The topological polar surface area (TPSA) is 70.1 Å². The molecule has 0 unspecified atom stereocenters. The van der Waals surface area contributed by atoms with E-state index in [9.17, 15) is 22.5 Å². The zero-order valence-electron chi connectivity index (χ0n) is 16.8. The number of hydrogen-bond donors (Lipinski definition) is 1. The molecule has 1 aliphatic rings. The number of amides is 1. The number of hydrogen-bond acceptors (Lipinski definition) is 4. The molecular weight excluding hydrogens is 403 g/mol. The van der Waals surface area contributed by atoms with Gasteiger partial charge in [0, 0.05) is 31.9 Å². The van der Waals surface area contributed by atoms with Crippen LogP contribution >= 0.6 is 0 Å². The van der Waals surface area contributed by atoms with Crippen LogP contribution in [0.3, 0.4) is 0 Å². The standard InChI is InChI=1S/C17H23BF3N2O4.K/c1-11-13(18(19,20)21)9-12(15(24)25)10-14(11)22-5-7-23(8-6-22)16(26)27-17(2,3)4;/h9-10H,5-8H2,1-4H3,(H,24,25);/q-1;+1. The first-order valence-corrected chi connectivity index (χ1v) is 8.60. The van der Waals surface area contributed by atoms with Gasteiger partial charge in [-0.3, -0.25) is 0 Å². The number of benzene rings is 1. The first-order chi connectivity index (χ1) is 12.3. The van der Waals surface area contributed by atoms with Gasteiger partial charge in [0.2, 0.25) is 0 Å². The predicted octanol–water partition coefficient (Wildman–Crippen LogP) is -0.191. The number of piperazine rings is 1. The van der Waals surface area contributed by atoms with E-state index >= 15 is 0 Å². The summed E-state index contributed by atoms with van der Waals surface area (Å²) in [5.41, 5.74) is -1.71.